The average molecular weight is 311 g/mol. The third-order valence-electron chi connectivity index (χ3n) is 3.05. The molecule has 0 unspecified atom stereocenters. The number of benzene rings is 1. The molecular formula is C15H21NO6. The summed E-state index contributed by atoms with van der Waals surface area (Å²) in [6.07, 6.45) is 1.74. The SMILES string of the molecule is CCCc1cc(CN(COC=O)CC(=O)O)c(O)c(OC)c1. The number of methoxy groups -OCH3 is 1. The van der Waals surface area contributed by atoms with E-state index in [-0.39, 0.29) is 32.0 Å². The van der Waals surface area contributed by atoms with Crippen LogP contribution in [0.5, 0.6) is 11.5 Å². The summed E-state index contributed by atoms with van der Waals surface area (Å²) in [6, 6.07) is 3.56. The van der Waals surface area contributed by atoms with E-state index in [9.17, 15) is 14.7 Å². The van der Waals surface area contributed by atoms with Crippen molar-refractivity contribution in [2.24, 2.45) is 0 Å². The van der Waals surface area contributed by atoms with Gasteiger partial charge in [-0.2, -0.15) is 0 Å². The number of carbonyl (C=O) groups excluding carboxylic acids is 1. The Hall–Kier alpha value is -2.28. The second kappa shape index (κ2) is 8.89. The Morgan fingerprint density at radius 2 is 2.14 bits per heavy atom. The van der Waals surface area contributed by atoms with Crippen molar-refractivity contribution in [2.45, 2.75) is 26.3 Å². The van der Waals surface area contributed by atoms with Crippen molar-refractivity contribution in [3.8, 4) is 11.5 Å². The van der Waals surface area contributed by atoms with E-state index in [1.165, 1.54) is 12.0 Å². The highest BCUT2D eigenvalue weighted by molar-refractivity contribution is 5.69. The molecule has 0 aromatic heterocycles. The Morgan fingerprint density at radius 3 is 2.68 bits per heavy atom. The fraction of sp³-hybridized carbons (Fsp3) is 0.467. The van der Waals surface area contributed by atoms with Gasteiger partial charge in [-0.1, -0.05) is 19.4 Å². The Balaban J connectivity index is 3.02. The van der Waals surface area contributed by atoms with Crippen molar-refractivity contribution in [3.63, 3.8) is 0 Å². The summed E-state index contributed by atoms with van der Waals surface area (Å²) < 4.78 is 9.76. The third-order valence-corrected chi connectivity index (χ3v) is 3.05. The number of ether oxygens (including phenoxy) is 2. The molecule has 0 atom stereocenters. The average Bonchev–Trinajstić information content (AvgIpc) is 2.47. The number of phenols is 1. The van der Waals surface area contributed by atoms with Crippen LogP contribution in [0.1, 0.15) is 24.5 Å². The molecule has 0 amide bonds. The Morgan fingerprint density at radius 1 is 1.41 bits per heavy atom. The molecule has 0 bridgehead atoms. The molecule has 0 fully saturated rings. The second-order valence-corrected chi connectivity index (χ2v) is 4.83. The van der Waals surface area contributed by atoms with Gasteiger partial charge in [-0.25, -0.2) is 0 Å². The normalized spacial score (nSPS) is 10.5. The second-order valence-electron chi connectivity index (χ2n) is 4.83. The van der Waals surface area contributed by atoms with Gasteiger partial charge in [-0.05, 0) is 18.1 Å². The van der Waals surface area contributed by atoms with Gasteiger partial charge in [0.25, 0.3) is 6.47 Å². The van der Waals surface area contributed by atoms with E-state index in [4.69, 9.17) is 9.84 Å². The summed E-state index contributed by atoms with van der Waals surface area (Å²) in [7, 11) is 1.46. The maximum Gasteiger partial charge on any atom is 0.317 e. The van der Waals surface area contributed by atoms with Gasteiger partial charge < -0.3 is 19.7 Å². The fourth-order valence-corrected chi connectivity index (χ4v) is 2.15. The van der Waals surface area contributed by atoms with Crippen molar-refractivity contribution in [2.75, 3.05) is 20.4 Å². The standard InChI is InChI=1S/C15H21NO6/c1-3-4-11-5-12(15(20)13(6-11)21-2)7-16(8-14(18)19)9-22-10-17/h5-6,10,20H,3-4,7-9H2,1-2H3,(H,18,19). The first-order valence-corrected chi connectivity index (χ1v) is 6.89. The molecule has 0 spiro atoms. The third kappa shape index (κ3) is 5.25. The number of rotatable bonds is 10. The van der Waals surface area contributed by atoms with E-state index < -0.39 is 5.97 Å². The Kier molecular flexibility index (Phi) is 7.18. The Bertz CT molecular complexity index is 517. The number of carboxylic acids is 1. The lowest BCUT2D eigenvalue weighted by atomic mass is 10.0. The van der Waals surface area contributed by atoms with E-state index in [0.717, 1.165) is 18.4 Å². The summed E-state index contributed by atoms with van der Waals surface area (Å²) in [5.41, 5.74) is 1.51. The maximum absolute atomic E-state index is 10.9. The minimum absolute atomic E-state index is 0.0381. The lowest BCUT2D eigenvalue weighted by Crippen LogP contribution is -2.31. The van der Waals surface area contributed by atoms with Crippen LogP contribution in [0.4, 0.5) is 0 Å². The summed E-state index contributed by atoms with van der Waals surface area (Å²) in [6.45, 7) is 1.93. The number of aliphatic carboxylic acids is 1. The van der Waals surface area contributed by atoms with Gasteiger partial charge in [0.1, 0.15) is 6.73 Å². The van der Waals surface area contributed by atoms with Crippen LogP contribution in [0.3, 0.4) is 0 Å². The summed E-state index contributed by atoms with van der Waals surface area (Å²) in [5, 5.41) is 19.1. The van der Waals surface area contributed by atoms with Crippen LogP contribution in [0.15, 0.2) is 12.1 Å². The van der Waals surface area contributed by atoms with Crippen LogP contribution in [-0.2, 0) is 27.3 Å². The molecule has 22 heavy (non-hydrogen) atoms. The number of aryl methyl sites for hydroxylation is 1. The van der Waals surface area contributed by atoms with Gasteiger partial charge in [0.05, 0.1) is 13.7 Å². The zero-order valence-electron chi connectivity index (χ0n) is 12.7. The highest BCUT2D eigenvalue weighted by Gasteiger charge is 2.16. The number of hydrogen-bond donors (Lipinski definition) is 2. The van der Waals surface area contributed by atoms with Crippen LogP contribution in [0.2, 0.25) is 0 Å². The topological polar surface area (TPSA) is 96.3 Å². The molecule has 7 nitrogen and oxygen atoms in total. The van der Waals surface area contributed by atoms with Gasteiger partial charge >= 0.3 is 5.97 Å². The van der Waals surface area contributed by atoms with Gasteiger partial charge in [-0.3, -0.25) is 14.5 Å². The smallest absolute Gasteiger partial charge is 0.317 e. The van der Waals surface area contributed by atoms with Crippen LogP contribution in [-0.4, -0.2) is 47.9 Å². The Labute approximate surface area is 129 Å². The zero-order valence-corrected chi connectivity index (χ0v) is 12.7. The molecule has 0 aliphatic rings. The predicted octanol–water partition coefficient (Wildman–Crippen LogP) is 1.37. The number of carboxylic acid groups (broad SMARTS) is 1. The van der Waals surface area contributed by atoms with Crippen LogP contribution < -0.4 is 4.74 Å². The molecule has 0 saturated carbocycles. The van der Waals surface area contributed by atoms with Gasteiger partial charge in [-0.15, -0.1) is 0 Å². The van der Waals surface area contributed by atoms with Crippen LogP contribution >= 0.6 is 0 Å². The number of phenolic OH excluding ortho intramolecular Hbond substituents is 1. The minimum atomic E-state index is -1.05. The molecule has 0 aliphatic heterocycles. The van der Waals surface area contributed by atoms with Crippen molar-refractivity contribution >= 4 is 12.4 Å². The molecular weight excluding hydrogens is 290 g/mol. The molecule has 0 saturated heterocycles. The number of carbonyl (C=O) groups is 2. The zero-order chi connectivity index (χ0) is 16.5. The first-order chi connectivity index (χ1) is 10.5. The van der Waals surface area contributed by atoms with E-state index >= 15 is 0 Å². The molecule has 0 aliphatic carbocycles. The monoisotopic (exact) mass is 311 g/mol. The maximum atomic E-state index is 10.9. The molecule has 1 aromatic rings. The van der Waals surface area contributed by atoms with Gasteiger partial charge in [0, 0.05) is 12.1 Å². The molecule has 0 radical (unpaired) electrons. The quantitative estimate of drug-likeness (QED) is 0.497. The van der Waals surface area contributed by atoms with Crippen LogP contribution in [0.25, 0.3) is 0 Å². The summed E-state index contributed by atoms with van der Waals surface area (Å²) in [4.78, 5) is 22.5. The number of aromatic hydroxyl groups is 1. The predicted molar refractivity (Wildman–Crippen MR) is 78.7 cm³/mol. The van der Waals surface area contributed by atoms with Crippen molar-refractivity contribution < 1.29 is 29.3 Å². The molecule has 2 N–H and O–H groups in total. The van der Waals surface area contributed by atoms with E-state index in [0.29, 0.717) is 11.3 Å². The molecule has 0 heterocycles. The minimum Gasteiger partial charge on any atom is -0.504 e. The van der Waals surface area contributed by atoms with E-state index in [1.54, 1.807) is 12.1 Å². The van der Waals surface area contributed by atoms with E-state index in [2.05, 4.69) is 4.74 Å². The van der Waals surface area contributed by atoms with Crippen molar-refractivity contribution in [1.82, 2.24) is 4.90 Å². The molecule has 1 rings (SSSR count). The summed E-state index contributed by atoms with van der Waals surface area (Å²) >= 11 is 0. The van der Waals surface area contributed by atoms with Gasteiger partial charge in [0.15, 0.2) is 11.5 Å². The van der Waals surface area contributed by atoms with Crippen molar-refractivity contribution in [1.29, 1.82) is 0 Å². The van der Waals surface area contributed by atoms with Crippen molar-refractivity contribution in [3.05, 3.63) is 23.3 Å². The number of nitrogens with zero attached hydrogens (tertiary/aromatic N) is 1. The highest BCUT2D eigenvalue weighted by atomic mass is 16.5. The summed E-state index contributed by atoms with van der Waals surface area (Å²) in [5.74, 6) is -0.748. The molecule has 7 heteroatoms. The lowest BCUT2D eigenvalue weighted by Gasteiger charge is -2.20. The van der Waals surface area contributed by atoms with E-state index in [1.807, 2.05) is 6.92 Å². The highest BCUT2D eigenvalue weighted by Crippen LogP contribution is 2.32. The molecule has 1 aromatic carbocycles. The fourth-order valence-electron chi connectivity index (χ4n) is 2.15. The first-order valence-electron chi connectivity index (χ1n) is 6.89. The molecule has 122 valence electrons. The lowest BCUT2D eigenvalue weighted by molar-refractivity contribution is -0.143. The van der Waals surface area contributed by atoms with Crippen LogP contribution in [0, 0.1) is 0 Å². The van der Waals surface area contributed by atoms with Gasteiger partial charge in [0.2, 0.25) is 0 Å². The first kappa shape index (κ1) is 17.8. The number of hydrogen-bond acceptors (Lipinski definition) is 6. The largest absolute Gasteiger partial charge is 0.504 e.